The number of hydrogen-bond acceptors (Lipinski definition) is 4. The number of likely N-dealkylation sites (tertiary alicyclic amines) is 1. The summed E-state index contributed by atoms with van der Waals surface area (Å²) in [5.74, 6) is -2.48. The number of carboxylic acid groups (broad SMARTS) is 2. The van der Waals surface area contributed by atoms with E-state index in [9.17, 15) is 14.4 Å². The zero-order chi connectivity index (χ0) is 12.8. The first-order valence-electron chi connectivity index (χ1n) is 5.42. The summed E-state index contributed by atoms with van der Waals surface area (Å²) in [6, 6.07) is 0. The van der Waals surface area contributed by atoms with Crippen LogP contribution >= 0.6 is 0 Å². The molecular weight excluding hydrogens is 228 g/mol. The van der Waals surface area contributed by atoms with Gasteiger partial charge in [-0.25, -0.2) is 0 Å². The fourth-order valence-corrected chi connectivity index (χ4v) is 1.81. The van der Waals surface area contributed by atoms with Crippen molar-refractivity contribution in [2.24, 2.45) is 0 Å². The molecule has 0 aliphatic carbocycles. The van der Waals surface area contributed by atoms with E-state index >= 15 is 0 Å². The summed E-state index contributed by atoms with van der Waals surface area (Å²) in [5, 5.41) is 17.2. The van der Waals surface area contributed by atoms with Crippen LogP contribution in [0, 0.1) is 0 Å². The van der Waals surface area contributed by atoms with Crippen LogP contribution in [0.15, 0.2) is 0 Å². The first-order valence-corrected chi connectivity index (χ1v) is 5.42. The largest absolute Gasteiger partial charge is 0.480 e. The summed E-state index contributed by atoms with van der Waals surface area (Å²) in [6.07, 6.45) is 1.90. The van der Waals surface area contributed by atoms with Crippen molar-refractivity contribution < 1.29 is 24.6 Å². The van der Waals surface area contributed by atoms with Crippen LogP contribution in [0.1, 0.15) is 12.8 Å². The lowest BCUT2D eigenvalue weighted by atomic mass is 10.4. The lowest BCUT2D eigenvalue weighted by Crippen LogP contribution is -2.43. The molecule has 1 heterocycles. The number of aliphatic carboxylic acids is 2. The van der Waals surface area contributed by atoms with E-state index < -0.39 is 25.0 Å². The van der Waals surface area contributed by atoms with Crippen molar-refractivity contribution in [2.75, 3.05) is 32.7 Å². The number of amides is 1. The highest BCUT2D eigenvalue weighted by molar-refractivity contribution is 5.80. The molecule has 0 aromatic carbocycles. The van der Waals surface area contributed by atoms with Gasteiger partial charge in [-0.05, 0) is 12.8 Å². The Balaban J connectivity index is 2.48. The van der Waals surface area contributed by atoms with Crippen LogP contribution in [0.5, 0.6) is 0 Å². The maximum absolute atomic E-state index is 11.7. The first kappa shape index (κ1) is 13.4. The fraction of sp³-hybridized carbons (Fsp3) is 0.700. The van der Waals surface area contributed by atoms with Crippen LogP contribution in [0.3, 0.4) is 0 Å². The number of hydrogen-bond donors (Lipinski definition) is 2. The highest BCUT2D eigenvalue weighted by Gasteiger charge is 2.22. The zero-order valence-corrected chi connectivity index (χ0v) is 9.46. The van der Waals surface area contributed by atoms with Crippen molar-refractivity contribution >= 4 is 17.8 Å². The predicted octanol–water partition coefficient (Wildman–Crippen LogP) is -0.920. The molecule has 1 rings (SSSR count). The highest BCUT2D eigenvalue weighted by Crippen LogP contribution is 2.07. The second-order valence-electron chi connectivity index (χ2n) is 4.02. The normalized spacial score (nSPS) is 15.2. The van der Waals surface area contributed by atoms with Crippen LogP contribution < -0.4 is 0 Å². The Bertz CT molecular complexity index is 296. The van der Waals surface area contributed by atoms with Crippen molar-refractivity contribution in [1.82, 2.24) is 9.80 Å². The van der Waals surface area contributed by atoms with E-state index in [4.69, 9.17) is 10.2 Å². The van der Waals surface area contributed by atoms with Crippen LogP contribution in [0.25, 0.3) is 0 Å². The van der Waals surface area contributed by atoms with Crippen molar-refractivity contribution in [2.45, 2.75) is 12.8 Å². The molecule has 7 heteroatoms. The van der Waals surface area contributed by atoms with Gasteiger partial charge in [0.05, 0.1) is 19.6 Å². The molecule has 1 saturated heterocycles. The Morgan fingerprint density at radius 1 is 0.941 bits per heavy atom. The molecule has 0 unspecified atom stereocenters. The lowest BCUT2D eigenvalue weighted by molar-refractivity contribution is -0.143. The van der Waals surface area contributed by atoms with Gasteiger partial charge < -0.3 is 15.1 Å². The monoisotopic (exact) mass is 244 g/mol. The molecule has 1 aliphatic rings. The van der Waals surface area contributed by atoms with E-state index in [0.29, 0.717) is 13.1 Å². The maximum atomic E-state index is 11.7. The minimum atomic E-state index is -1.14. The molecule has 0 spiro atoms. The lowest BCUT2D eigenvalue weighted by Gasteiger charge is -2.21. The average molecular weight is 244 g/mol. The summed E-state index contributed by atoms with van der Waals surface area (Å²) in [5.41, 5.74) is 0. The van der Waals surface area contributed by atoms with Crippen molar-refractivity contribution in [3.8, 4) is 0 Å². The van der Waals surface area contributed by atoms with Gasteiger partial charge in [0.2, 0.25) is 5.91 Å². The van der Waals surface area contributed by atoms with E-state index in [1.165, 1.54) is 0 Å². The quantitative estimate of drug-likeness (QED) is 0.627. The van der Waals surface area contributed by atoms with Crippen LogP contribution in [-0.4, -0.2) is 70.6 Å². The van der Waals surface area contributed by atoms with Gasteiger partial charge >= 0.3 is 11.9 Å². The molecule has 0 atom stereocenters. The second kappa shape index (κ2) is 6.19. The average Bonchev–Trinajstić information content (AvgIpc) is 2.67. The number of carbonyl (C=O) groups is 3. The van der Waals surface area contributed by atoms with Crippen molar-refractivity contribution in [3.63, 3.8) is 0 Å². The summed E-state index contributed by atoms with van der Waals surface area (Å²) in [7, 11) is 0. The van der Waals surface area contributed by atoms with Gasteiger partial charge in [-0.2, -0.15) is 0 Å². The Morgan fingerprint density at radius 2 is 1.41 bits per heavy atom. The Morgan fingerprint density at radius 3 is 1.82 bits per heavy atom. The van der Waals surface area contributed by atoms with Gasteiger partial charge in [0, 0.05) is 13.1 Å². The standard InChI is InChI=1S/C10H16N2O5/c13-8(12-3-1-2-4-12)5-11(6-9(14)15)7-10(16)17/h1-7H2,(H,14,15)(H,16,17). The number of nitrogens with zero attached hydrogens (tertiary/aromatic N) is 2. The number of rotatable bonds is 6. The number of carbonyl (C=O) groups excluding carboxylic acids is 1. The van der Waals surface area contributed by atoms with Gasteiger partial charge in [0.25, 0.3) is 0 Å². The first-order chi connectivity index (χ1) is 7.99. The fourth-order valence-electron chi connectivity index (χ4n) is 1.81. The maximum Gasteiger partial charge on any atom is 0.317 e. The highest BCUT2D eigenvalue weighted by atomic mass is 16.4. The summed E-state index contributed by atoms with van der Waals surface area (Å²) >= 11 is 0. The van der Waals surface area contributed by atoms with E-state index in [1.807, 2.05) is 0 Å². The zero-order valence-electron chi connectivity index (χ0n) is 9.46. The van der Waals surface area contributed by atoms with Gasteiger partial charge in [0.15, 0.2) is 0 Å². The van der Waals surface area contributed by atoms with Gasteiger partial charge in [-0.15, -0.1) is 0 Å². The summed E-state index contributed by atoms with van der Waals surface area (Å²) in [6.45, 7) is 0.315. The van der Waals surface area contributed by atoms with Crippen molar-refractivity contribution in [3.05, 3.63) is 0 Å². The molecule has 2 N–H and O–H groups in total. The summed E-state index contributed by atoms with van der Waals surface area (Å²) < 4.78 is 0. The molecule has 0 aromatic rings. The minimum Gasteiger partial charge on any atom is -0.480 e. The van der Waals surface area contributed by atoms with E-state index in [0.717, 1.165) is 17.7 Å². The Hall–Kier alpha value is -1.63. The molecule has 1 aliphatic heterocycles. The molecule has 1 fully saturated rings. The van der Waals surface area contributed by atoms with E-state index in [-0.39, 0.29) is 12.5 Å². The smallest absolute Gasteiger partial charge is 0.317 e. The minimum absolute atomic E-state index is 0.154. The Labute approximate surface area is 98.6 Å². The third-order valence-corrected chi connectivity index (χ3v) is 2.54. The van der Waals surface area contributed by atoms with E-state index in [1.54, 1.807) is 4.90 Å². The molecule has 7 nitrogen and oxygen atoms in total. The molecule has 0 bridgehead atoms. The molecule has 1 amide bonds. The second-order valence-corrected chi connectivity index (χ2v) is 4.02. The van der Waals surface area contributed by atoms with Crippen LogP contribution in [0.2, 0.25) is 0 Å². The molecule has 0 aromatic heterocycles. The van der Waals surface area contributed by atoms with Crippen LogP contribution in [0.4, 0.5) is 0 Å². The molecule has 17 heavy (non-hydrogen) atoms. The molecule has 96 valence electrons. The SMILES string of the molecule is O=C(O)CN(CC(=O)O)CC(=O)N1CCCC1. The number of carboxylic acids is 2. The summed E-state index contributed by atoms with van der Waals surface area (Å²) in [4.78, 5) is 35.5. The van der Waals surface area contributed by atoms with Crippen molar-refractivity contribution in [1.29, 1.82) is 0 Å². The molecule has 0 saturated carbocycles. The third-order valence-electron chi connectivity index (χ3n) is 2.54. The molecule has 0 radical (unpaired) electrons. The van der Waals surface area contributed by atoms with Gasteiger partial charge in [0.1, 0.15) is 0 Å². The predicted molar refractivity (Wildman–Crippen MR) is 57.5 cm³/mol. The molecular formula is C10H16N2O5. The van der Waals surface area contributed by atoms with Crippen LogP contribution in [-0.2, 0) is 14.4 Å². The Kier molecular flexibility index (Phi) is 4.89. The van der Waals surface area contributed by atoms with E-state index in [2.05, 4.69) is 0 Å². The topological polar surface area (TPSA) is 98.1 Å². The third kappa shape index (κ3) is 4.81. The van der Waals surface area contributed by atoms with Gasteiger partial charge in [-0.1, -0.05) is 0 Å². The van der Waals surface area contributed by atoms with Gasteiger partial charge in [-0.3, -0.25) is 19.3 Å².